The molecule has 1 aliphatic carbocycles. The van der Waals surface area contributed by atoms with E-state index in [1.54, 1.807) is 12.3 Å². The minimum absolute atomic E-state index is 0.0849. The molecule has 1 aliphatic heterocycles. The van der Waals surface area contributed by atoms with E-state index in [0.717, 1.165) is 29.3 Å². The van der Waals surface area contributed by atoms with Gasteiger partial charge in [-0.05, 0) is 43.0 Å². The maximum absolute atomic E-state index is 13.2. The average Bonchev–Trinajstić information content (AvgIpc) is 3.10. The van der Waals surface area contributed by atoms with Gasteiger partial charge in [-0.2, -0.15) is 0 Å². The summed E-state index contributed by atoms with van der Waals surface area (Å²) in [5, 5.41) is 0.991. The molecule has 0 spiro atoms. The Hall–Kier alpha value is -2.24. The first-order valence-corrected chi connectivity index (χ1v) is 9.22. The minimum Gasteiger partial charge on any atom is -0.377 e. The lowest BCUT2D eigenvalue weighted by Gasteiger charge is -2.37. The van der Waals surface area contributed by atoms with Crippen LogP contribution in [0.2, 0.25) is 0 Å². The third-order valence-corrected chi connectivity index (χ3v) is 5.33. The normalized spacial score (nSPS) is 25.2. The van der Waals surface area contributed by atoms with E-state index in [1.807, 2.05) is 35.2 Å². The van der Waals surface area contributed by atoms with Crippen molar-refractivity contribution in [3.8, 4) is 0 Å². The van der Waals surface area contributed by atoms with E-state index < -0.39 is 0 Å². The zero-order chi connectivity index (χ0) is 17.9. The van der Waals surface area contributed by atoms with Crippen LogP contribution in [0.1, 0.15) is 23.2 Å². The highest BCUT2D eigenvalue weighted by molar-refractivity contribution is 5.98. The summed E-state index contributed by atoms with van der Waals surface area (Å²) < 4.78 is 11.6. The van der Waals surface area contributed by atoms with Gasteiger partial charge in [0.05, 0.1) is 30.9 Å². The molecule has 1 saturated carbocycles. The van der Waals surface area contributed by atoms with Crippen LogP contribution in [0.15, 0.2) is 49.2 Å². The average molecular weight is 352 g/mol. The second-order valence-electron chi connectivity index (χ2n) is 7.05. The van der Waals surface area contributed by atoms with Crippen molar-refractivity contribution in [2.45, 2.75) is 25.0 Å². The van der Waals surface area contributed by atoms with Crippen molar-refractivity contribution in [2.24, 2.45) is 5.92 Å². The van der Waals surface area contributed by atoms with E-state index in [-0.39, 0.29) is 18.1 Å². The lowest BCUT2D eigenvalue weighted by Crippen LogP contribution is -2.51. The topological polar surface area (TPSA) is 51.7 Å². The van der Waals surface area contributed by atoms with Gasteiger partial charge >= 0.3 is 0 Å². The van der Waals surface area contributed by atoms with Gasteiger partial charge in [0.2, 0.25) is 0 Å². The number of hydrogen-bond acceptors (Lipinski definition) is 4. The SMILES string of the molecule is C=CCOC[C@H]1C[C@@H]2[C@@H](C1)OCCN2C(=O)c1ccc2ncccc2c1. The molecule has 0 unspecified atom stereocenters. The summed E-state index contributed by atoms with van der Waals surface area (Å²) in [5.74, 6) is 0.515. The van der Waals surface area contributed by atoms with Crippen molar-refractivity contribution in [3.05, 3.63) is 54.7 Å². The molecule has 136 valence electrons. The molecule has 2 fully saturated rings. The second-order valence-corrected chi connectivity index (χ2v) is 7.05. The number of pyridine rings is 1. The summed E-state index contributed by atoms with van der Waals surface area (Å²) in [4.78, 5) is 19.5. The molecule has 1 aromatic heterocycles. The van der Waals surface area contributed by atoms with Crippen LogP contribution in [0.5, 0.6) is 0 Å². The number of morpholine rings is 1. The summed E-state index contributed by atoms with van der Waals surface area (Å²) in [7, 11) is 0. The highest BCUT2D eigenvalue weighted by Gasteiger charge is 2.43. The number of benzene rings is 1. The van der Waals surface area contributed by atoms with Crippen molar-refractivity contribution in [1.29, 1.82) is 0 Å². The predicted octanol–water partition coefficient (Wildman–Crippen LogP) is 3.06. The number of aromatic nitrogens is 1. The van der Waals surface area contributed by atoms with Gasteiger partial charge in [0.25, 0.3) is 5.91 Å². The number of carbonyl (C=O) groups is 1. The summed E-state index contributed by atoms with van der Waals surface area (Å²) in [6.45, 7) is 6.19. The minimum atomic E-state index is 0.0849. The molecule has 2 aliphatic rings. The molecular weight excluding hydrogens is 328 g/mol. The number of hydrogen-bond donors (Lipinski definition) is 0. The lowest BCUT2D eigenvalue weighted by atomic mass is 10.1. The van der Waals surface area contributed by atoms with Gasteiger partial charge in [-0.25, -0.2) is 0 Å². The molecule has 1 amide bonds. The van der Waals surface area contributed by atoms with E-state index in [1.165, 1.54) is 0 Å². The van der Waals surface area contributed by atoms with E-state index in [9.17, 15) is 4.79 Å². The van der Waals surface area contributed by atoms with Crippen molar-refractivity contribution in [1.82, 2.24) is 9.88 Å². The van der Waals surface area contributed by atoms with Crippen LogP contribution in [0.4, 0.5) is 0 Å². The maximum atomic E-state index is 13.2. The van der Waals surface area contributed by atoms with E-state index in [2.05, 4.69) is 11.6 Å². The Morgan fingerprint density at radius 2 is 2.31 bits per heavy atom. The monoisotopic (exact) mass is 352 g/mol. The molecule has 2 heterocycles. The van der Waals surface area contributed by atoms with Crippen molar-refractivity contribution < 1.29 is 14.3 Å². The standard InChI is InChI=1S/C21H24N2O3/c1-2-9-25-14-15-11-19-20(12-15)26-10-8-23(19)21(24)17-5-6-18-16(13-17)4-3-7-22-18/h2-7,13,15,19-20H,1,8-12,14H2/t15-,19+,20+/m0/s1. The Labute approximate surface area is 153 Å². The van der Waals surface area contributed by atoms with Gasteiger partial charge < -0.3 is 14.4 Å². The van der Waals surface area contributed by atoms with Crippen molar-refractivity contribution in [3.63, 3.8) is 0 Å². The number of rotatable bonds is 5. The van der Waals surface area contributed by atoms with Crippen LogP contribution < -0.4 is 0 Å². The second kappa shape index (κ2) is 7.56. The van der Waals surface area contributed by atoms with Crippen LogP contribution in [0.3, 0.4) is 0 Å². The summed E-state index contributed by atoms with van der Waals surface area (Å²) >= 11 is 0. The van der Waals surface area contributed by atoms with E-state index >= 15 is 0 Å². The number of fused-ring (bicyclic) bond motifs is 2. The third kappa shape index (κ3) is 3.37. The molecule has 5 heteroatoms. The van der Waals surface area contributed by atoms with Crippen molar-refractivity contribution in [2.75, 3.05) is 26.4 Å². The summed E-state index contributed by atoms with van der Waals surface area (Å²) in [6.07, 6.45) is 5.54. The fourth-order valence-electron chi connectivity index (χ4n) is 4.13. The Morgan fingerprint density at radius 1 is 1.38 bits per heavy atom. The first kappa shape index (κ1) is 17.2. The highest BCUT2D eigenvalue weighted by atomic mass is 16.5. The Bertz CT molecular complexity index is 807. The Kier molecular flexibility index (Phi) is 5.00. The van der Waals surface area contributed by atoms with Crippen molar-refractivity contribution >= 4 is 16.8 Å². The number of ether oxygens (including phenoxy) is 2. The van der Waals surface area contributed by atoms with Gasteiger partial charge in [0.1, 0.15) is 0 Å². The molecule has 0 bridgehead atoms. The molecule has 5 nitrogen and oxygen atoms in total. The Morgan fingerprint density at radius 3 is 3.19 bits per heavy atom. The number of nitrogens with zero attached hydrogens (tertiary/aromatic N) is 2. The first-order valence-electron chi connectivity index (χ1n) is 9.22. The smallest absolute Gasteiger partial charge is 0.254 e. The third-order valence-electron chi connectivity index (χ3n) is 5.33. The van der Waals surface area contributed by atoms with Gasteiger partial charge in [-0.15, -0.1) is 6.58 Å². The van der Waals surface area contributed by atoms with Gasteiger partial charge in [0.15, 0.2) is 0 Å². The number of carbonyl (C=O) groups excluding carboxylic acids is 1. The maximum Gasteiger partial charge on any atom is 0.254 e. The van der Waals surface area contributed by atoms with Gasteiger partial charge in [0, 0.05) is 30.3 Å². The zero-order valence-electron chi connectivity index (χ0n) is 14.8. The molecule has 3 atom stereocenters. The molecular formula is C21H24N2O3. The Balaban J connectivity index is 1.50. The van der Waals surface area contributed by atoms with E-state index in [0.29, 0.717) is 32.3 Å². The molecule has 1 saturated heterocycles. The molecule has 2 aromatic rings. The van der Waals surface area contributed by atoms with Gasteiger partial charge in [-0.3, -0.25) is 9.78 Å². The quantitative estimate of drug-likeness (QED) is 0.613. The van der Waals surface area contributed by atoms with Crippen LogP contribution in [-0.2, 0) is 9.47 Å². The summed E-state index contributed by atoms with van der Waals surface area (Å²) in [6, 6.07) is 9.76. The summed E-state index contributed by atoms with van der Waals surface area (Å²) in [5.41, 5.74) is 1.63. The van der Waals surface area contributed by atoms with E-state index in [4.69, 9.17) is 9.47 Å². The molecule has 0 N–H and O–H groups in total. The first-order chi connectivity index (χ1) is 12.8. The molecule has 0 radical (unpaired) electrons. The van der Waals surface area contributed by atoms with Crippen LogP contribution >= 0.6 is 0 Å². The predicted molar refractivity (Wildman–Crippen MR) is 100 cm³/mol. The van der Waals surface area contributed by atoms with Crippen LogP contribution in [-0.4, -0.2) is 54.3 Å². The molecule has 26 heavy (non-hydrogen) atoms. The fraction of sp³-hybridized carbons (Fsp3) is 0.429. The van der Waals surface area contributed by atoms with Crippen LogP contribution in [0.25, 0.3) is 10.9 Å². The molecule has 4 rings (SSSR count). The zero-order valence-corrected chi connectivity index (χ0v) is 14.8. The fourth-order valence-corrected chi connectivity index (χ4v) is 4.13. The lowest BCUT2D eigenvalue weighted by molar-refractivity contribution is -0.0449. The number of amides is 1. The highest BCUT2D eigenvalue weighted by Crippen LogP contribution is 2.35. The molecule has 1 aromatic carbocycles. The van der Waals surface area contributed by atoms with Gasteiger partial charge in [-0.1, -0.05) is 12.1 Å². The largest absolute Gasteiger partial charge is 0.377 e. The van der Waals surface area contributed by atoms with Crippen LogP contribution in [0, 0.1) is 5.92 Å².